The topological polar surface area (TPSA) is 132 Å². The van der Waals surface area contributed by atoms with Crippen LogP contribution in [0.1, 0.15) is 23.0 Å². The number of anilines is 3. The number of nitrogens with zero attached hydrogens (tertiary/aromatic N) is 5. The number of aromatic nitrogens is 3. The lowest BCUT2D eigenvalue weighted by Crippen LogP contribution is -2.38. The Bertz CT molecular complexity index is 1530. The van der Waals surface area contributed by atoms with Gasteiger partial charge in [-0.3, -0.25) is 14.0 Å². The van der Waals surface area contributed by atoms with Crippen LogP contribution in [0, 0.1) is 6.92 Å². The van der Waals surface area contributed by atoms with E-state index in [0.29, 0.717) is 78.8 Å². The van der Waals surface area contributed by atoms with Crippen LogP contribution >= 0.6 is 0 Å². The van der Waals surface area contributed by atoms with Gasteiger partial charge in [0, 0.05) is 35.5 Å². The Balaban J connectivity index is 1.37. The minimum atomic E-state index is -2.58. The second kappa shape index (κ2) is 10.6. The molecule has 6 rings (SSSR count). The van der Waals surface area contributed by atoms with E-state index in [9.17, 15) is 9.00 Å². The van der Waals surface area contributed by atoms with Crippen molar-refractivity contribution in [2.75, 3.05) is 59.4 Å². The summed E-state index contributed by atoms with van der Waals surface area (Å²) in [7, 11) is -0.784. The number of pyridine rings is 1. The molecule has 3 aromatic rings. The number of hydrogen-bond donors (Lipinski definition) is 3. The predicted octanol–water partition coefficient (Wildman–Crippen LogP) is 2.39. The summed E-state index contributed by atoms with van der Waals surface area (Å²) < 4.78 is 35.7. The quantitative estimate of drug-likeness (QED) is 0.400. The van der Waals surface area contributed by atoms with Crippen LogP contribution in [0.2, 0.25) is 0 Å². The highest BCUT2D eigenvalue weighted by atomic mass is 32.3. The molecule has 5 heterocycles. The molecule has 0 radical (unpaired) electrons. The molecule has 2 bridgehead atoms. The van der Waals surface area contributed by atoms with E-state index in [4.69, 9.17) is 14.2 Å². The minimum absolute atomic E-state index is 0.219. The maximum atomic E-state index is 13.5. The Hall–Kier alpha value is -3.81. The van der Waals surface area contributed by atoms with Gasteiger partial charge in [-0.1, -0.05) is 0 Å². The fourth-order valence-electron chi connectivity index (χ4n) is 5.05. The molecule has 1 fully saturated rings. The van der Waals surface area contributed by atoms with E-state index in [2.05, 4.69) is 25.1 Å². The maximum absolute atomic E-state index is 13.5. The van der Waals surface area contributed by atoms with Gasteiger partial charge < -0.3 is 29.1 Å². The van der Waals surface area contributed by atoms with Gasteiger partial charge >= 0.3 is 0 Å². The van der Waals surface area contributed by atoms with Crippen LogP contribution < -0.4 is 19.7 Å². The van der Waals surface area contributed by atoms with Crippen LogP contribution in [0.3, 0.4) is 0 Å². The van der Waals surface area contributed by atoms with Gasteiger partial charge in [0.15, 0.2) is 0 Å². The van der Waals surface area contributed by atoms with E-state index >= 15 is 0 Å². The number of nitrogens with one attached hydrogen (secondary N) is 2. The number of hydrogen-bond acceptors (Lipinski definition) is 9. The van der Waals surface area contributed by atoms with Crippen molar-refractivity contribution in [2.45, 2.75) is 20.0 Å². The zero-order chi connectivity index (χ0) is 27.9. The van der Waals surface area contributed by atoms with E-state index in [0.717, 1.165) is 17.1 Å². The van der Waals surface area contributed by atoms with Crippen molar-refractivity contribution in [2.24, 2.45) is 12.0 Å². The molecule has 3 aliphatic rings. The van der Waals surface area contributed by atoms with Gasteiger partial charge in [-0.05, 0) is 54.3 Å². The second-order valence-electron chi connectivity index (χ2n) is 10.2. The Morgan fingerprint density at radius 1 is 1.12 bits per heavy atom. The summed E-state index contributed by atoms with van der Waals surface area (Å²) in [5.41, 5.74) is 4.71. The zero-order valence-electron chi connectivity index (χ0n) is 22.7. The molecule has 212 valence electrons. The summed E-state index contributed by atoms with van der Waals surface area (Å²) in [5, 5.41) is 7.62. The fraction of sp³-hybridized carbons (Fsp3) is 0.407. The first-order valence-corrected chi connectivity index (χ1v) is 15.4. The van der Waals surface area contributed by atoms with Crippen molar-refractivity contribution in [3.8, 4) is 17.1 Å². The number of thiol groups is 1. The highest BCUT2D eigenvalue weighted by Crippen LogP contribution is 2.36. The van der Waals surface area contributed by atoms with Crippen LogP contribution in [-0.4, -0.2) is 81.4 Å². The first-order valence-electron chi connectivity index (χ1n) is 13.3. The summed E-state index contributed by atoms with van der Waals surface area (Å²) >= 11 is 0. The molecule has 12 nitrogen and oxygen atoms in total. The highest BCUT2D eigenvalue weighted by molar-refractivity contribution is 8.04. The van der Waals surface area contributed by atoms with Gasteiger partial charge in [-0.25, -0.2) is 4.68 Å². The third kappa shape index (κ3) is 5.31. The fourth-order valence-corrected chi connectivity index (χ4v) is 6.96. The summed E-state index contributed by atoms with van der Waals surface area (Å²) in [6, 6.07) is 9.16. The molecule has 1 atom stereocenters. The molecule has 2 N–H and O–H groups in total. The van der Waals surface area contributed by atoms with E-state index in [-0.39, 0.29) is 6.10 Å². The molecule has 3 aliphatic heterocycles. The van der Waals surface area contributed by atoms with Gasteiger partial charge in [-0.15, -0.1) is 0 Å². The normalized spacial score (nSPS) is 22.7. The lowest BCUT2D eigenvalue weighted by molar-refractivity contribution is 0.0483. The monoisotopic (exact) mass is 567 g/mol. The number of benzene rings is 1. The number of ether oxygens (including phenoxy) is 3. The van der Waals surface area contributed by atoms with E-state index in [1.165, 1.54) is 0 Å². The summed E-state index contributed by atoms with van der Waals surface area (Å²) in [6.45, 7) is 5.86. The van der Waals surface area contributed by atoms with Crippen LogP contribution in [0.25, 0.3) is 11.3 Å². The van der Waals surface area contributed by atoms with Crippen LogP contribution in [-0.2, 0) is 26.6 Å². The molecule has 0 aliphatic carbocycles. The van der Waals surface area contributed by atoms with Crippen molar-refractivity contribution in [1.82, 2.24) is 14.8 Å². The molecule has 2 aromatic heterocycles. The second-order valence-corrected chi connectivity index (χ2v) is 13.1. The van der Waals surface area contributed by atoms with E-state index in [1.807, 2.05) is 36.9 Å². The molecule has 1 saturated heterocycles. The van der Waals surface area contributed by atoms with E-state index in [1.54, 1.807) is 30.1 Å². The number of carbonyl (C=O) groups is 1. The van der Waals surface area contributed by atoms with Crippen molar-refractivity contribution in [1.29, 1.82) is 0 Å². The Labute approximate surface area is 233 Å². The molecule has 0 spiro atoms. The average molecular weight is 568 g/mol. The van der Waals surface area contributed by atoms with Crippen molar-refractivity contribution < 1.29 is 23.2 Å². The lowest BCUT2D eigenvalue weighted by Gasteiger charge is -2.30. The highest BCUT2D eigenvalue weighted by Gasteiger charge is 2.30. The number of aliphatic imine (C=N–C) groups is 1. The van der Waals surface area contributed by atoms with Gasteiger partial charge in [0.2, 0.25) is 11.8 Å². The Morgan fingerprint density at radius 3 is 2.77 bits per heavy atom. The van der Waals surface area contributed by atoms with Gasteiger partial charge in [0.1, 0.15) is 6.61 Å². The first kappa shape index (κ1) is 26.4. The van der Waals surface area contributed by atoms with Gasteiger partial charge in [-0.2, -0.15) is 10.1 Å². The number of amides is 1. The molecular formula is C27H33N7O5S. The average Bonchev–Trinajstić information content (AvgIpc) is 3.45. The zero-order valence-corrected chi connectivity index (χ0v) is 23.6. The smallest absolute Gasteiger partial charge is 0.280 e. The number of aryl methyl sites for hydroxylation is 2. The summed E-state index contributed by atoms with van der Waals surface area (Å²) in [4.78, 5) is 24.6. The van der Waals surface area contributed by atoms with Gasteiger partial charge in [0.05, 0.1) is 61.3 Å². The number of guanidine groups is 1. The molecule has 1 amide bonds. The van der Waals surface area contributed by atoms with Crippen molar-refractivity contribution in [3.05, 3.63) is 47.8 Å². The van der Waals surface area contributed by atoms with E-state index < -0.39 is 16.0 Å². The number of fused-ring (bicyclic) bond motifs is 7. The third-order valence-electron chi connectivity index (χ3n) is 7.05. The molecule has 40 heavy (non-hydrogen) atoms. The SMILES string of the molecule is Cc1cc2cc(n1)-c1cnn(C)c1OCCOC(C)CN1/C(=N/C2=O)Nc2ccc(N[SH]3(=O)CCOCC3)cc21. The van der Waals surface area contributed by atoms with Crippen molar-refractivity contribution in [3.63, 3.8) is 0 Å². The Kier molecular flexibility index (Phi) is 7.02. The van der Waals surface area contributed by atoms with Crippen LogP contribution in [0.15, 0.2) is 41.5 Å². The van der Waals surface area contributed by atoms with Crippen LogP contribution in [0.4, 0.5) is 17.1 Å². The summed E-state index contributed by atoms with van der Waals surface area (Å²) in [5.74, 6) is 1.52. The first-order chi connectivity index (χ1) is 19.3. The predicted molar refractivity (Wildman–Crippen MR) is 155 cm³/mol. The lowest BCUT2D eigenvalue weighted by atomic mass is 10.1. The van der Waals surface area contributed by atoms with Gasteiger partial charge in [0.25, 0.3) is 5.91 Å². The minimum Gasteiger partial charge on any atom is -0.475 e. The Morgan fingerprint density at radius 2 is 1.95 bits per heavy atom. The molecule has 0 saturated carbocycles. The number of carbonyl (C=O) groups excluding carboxylic acids is 1. The largest absolute Gasteiger partial charge is 0.475 e. The standard InChI is InChI=1S/C27H33N7O5S/c1-17-12-19-13-23(29-17)21-15-28-33(3)26(21)39-7-6-38-18(2)16-34-24-14-20(32-40(36)10-8-37-9-11-40)4-5-22(24)30-27(34)31-25(19)35/h4-5,12-15,18,40H,6-11,16H2,1-3H3,(H,32,36)(H,30,31,35). The molecular weight excluding hydrogens is 534 g/mol. The van der Waals surface area contributed by atoms with Crippen LogP contribution in [0.5, 0.6) is 5.88 Å². The third-order valence-corrected chi connectivity index (χ3v) is 9.53. The summed E-state index contributed by atoms with van der Waals surface area (Å²) in [6.07, 6.45) is 1.46. The molecule has 1 aromatic carbocycles. The molecule has 1 unspecified atom stereocenters. The van der Waals surface area contributed by atoms with Crippen molar-refractivity contribution >= 4 is 39.0 Å². The number of rotatable bonds is 2. The molecule has 13 heteroatoms. The maximum Gasteiger partial charge on any atom is 0.280 e.